The zero-order valence-corrected chi connectivity index (χ0v) is 13.7. The molecule has 0 unspecified atom stereocenters. The Labute approximate surface area is 124 Å². The Morgan fingerprint density at radius 3 is 1.60 bits per heavy atom. The summed E-state index contributed by atoms with van der Waals surface area (Å²) in [7, 11) is 0. The maximum Gasteiger partial charge on any atom is 0.0607 e. The number of hydrogen-bond donors (Lipinski definition) is 4. The van der Waals surface area contributed by atoms with E-state index in [2.05, 4.69) is 10.6 Å². The fourth-order valence-electron chi connectivity index (χ4n) is 2.73. The van der Waals surface area contributed by atoms with Gasteiger partial charge in [-0.25, -0.2) is 0 Å². The van der Waals surface area contributed by atoms with Crippen molar-refractivity contribution in [2.24, 2.45) is 11.8 Å². The summed E-state index contributed by atoms with van der Waals surface area (Å²) in [5, 5.41) is 25.5. The van der Waals surface area contributed by atoms with Crippen LogP contribution in [0.3, 0.4) is 0 Å². The summed E-state index contributed by atoms with van der Waals surface area (Å²) in [6.07, 6.45) is 5.10. The molecule has 4 N–H and O–H groups in total. The first-order valence-electron chi connectivity index (χ1n) is 8.00. The highest BCUT2D eigenvalue weighted by Gasteiger charge is 2.25. The Bertz CT molecular complexity index is 254. The molecular formula is C16H34N2O2. The van der Waals surface area contributed by atoms with Crippen LogP contribution >= 0.6 is 0 Å². The molecule has 4 heteroatoms. The summed E-state index contributed by atoms with van der Waals surface area (Å²) in [6.45, 7) is 10.5. The van der Waals surface area contributed by atoms with Crippen LogP contribution in [0.1, 0.15) is 53.4 Å². The van der Waals surface area contributed by atoms with Gasteiger partial charge < -0.3 is 20.8 Å². The summed E-state index contributed by atoms with van der Waals surface area (Å²) in [5.41, 5.74) is -0.353. The highest BCUT2D eigenvalue weighted by Crippen LogP contribution is 2.29. The van der Waals surface area contributed by atoms with E-state index in [1.54, 1.807) is 0 Å². The first kappa shape index (κ1) is 17.9. The van der Waals surface area contributed by atoms with E-state index in [9.17, 15) is 10.2 Å². The second-order valence-electron chi connectivity index (χ2n) is 7.74. The van der Waals surface area contributed by atoms with Crippen LogP contribution in [0.5, 0.6) is 0 Å². The lowest BCUT2D eigenvalue weighted by molar-refractivity contribution is 0.157. The van der Waals surface area contributed by atoms with Crippen LogP contribution in [0.4, 0.5) is 0 Å². The minimum atomic E-state index is -0.177. The maximum absolute atomic E-state index is 9.28. The van der Waals surface area contributed by atoms with E-state index in [4.69, 9.17) is 0 Å². The smallest absolute Gasteiger partial charge is 0.0607 e. The number of rotatable bonds is 8. The number of aliphatic hydroxyl groups excluding tert-OH is 2. The molecule has 0 aromatic carbocycles. The van der Waals surface area contributed by atoms with Gasteiger partial charge in [-0.3, -0.25) is 0 Å². The van der Waals surface area contributed by atoms with Crippen LogP contribution < -0.4 is 10.6 Å². The largest absolute Gasteiger partial charge is 0.394 e. The molecule has 4 nitrogen and oxygen atoms in total. The first-order valence-corrected chi connectivity index (χ1v) is 8.00. The average Bonchev–Trinajstić information content (AvgIpc) is 2.44. The van der Waals surface area contributed by atoms with E-state index in [0.29, 0.717) is 11.8 Å². The summed E-state index contributed by atoms with van der Waals surface area (Å²) < 4.78 is 0. The third-order valence-electron chi connectivity index (χ3n) is 4.42. The lowest BCUT2D eigenvalue weighted by Crippen LogP contribution is -2.47. The Morgan fingerprint density at radius 1 is 0.850 bits per heavy atom. The van der Waals surface area contributed by atoms with Crippen molar-refractivity contribution in [2.75, 3.05) is 26.3 Å². The maximum atomic E-state index is 9.28. The van der Waals surface area contributed by atoms with Gasteiger partial charge in [0.25, 0.3) is 0 Å². The van der Waals surface area contributed by atoms with Gasteiger partial charge in [-0.15, -0.1) is 0 Å². The molecule has 2 atom stereocenters. The molecule has 0 amide bonds. The molecule has 0 bridgehead atoms. The third-order valence-corrected chi connectivity index (χ3v) is 4.42. The topological polar surface area (TPSA) is 64.5 Å². The van der Waals surface area contributed by atoms with Crippen molar-refractivity contribution < 1.29 is 10.2 Å². The van der Waals surface area contributed by atoms with Crippen molar-refractivity contribution in [2.45, 2.75) is 64.5 Å². The van der Waals surface area contributed by atoms with Gasteiger partial charge in [0.05, 0.1) is 13.2 Å². The van der Waals surface area contributed by atoms with Crippen molar-refractivity contribution in [1.29, 1.82) is 0 Å². The zero-order chi connectivity index (χ0) is 15.2. The Morgan fingerprint density at radius 2 is 1.25 bits per heavy atom. The molecule has 1 aliphatic carbocycles. The lowest BCUT2D eigenvalue weighted by Gasteiger charge is -2.34. The van der Waals surface area contributed by atoms with Gasteiger partial charge in [0.15, 0.2) is 0 Å². The standard InChI is InChI=1S/C16H34N2O2/c1-15(2,11-19)17-9-13-6-5-7-14(8-13)10-18-16(3,4)12-20/h13-14,17-20H,5-12H2,1-4H3/t13-,14-/m1/s1. The zero-order valence-electron chi connectivity index (χ0n) is 13.7. The van der Waals surface area contributed by atoms with Crippen LogP contribution in [-0.4, -0.2) is 47.6 Å². The molecule has 0 spiro atoms. The fourth-order valence-corrected chi connectivity index (χ4v) is 2.73. The Balaban J connectivity index is 2.32. The van der Waals surface area contributed by atoms with Crippen LogP contribution in [0.2, 0.25) is 0 Å². The summed E-state index contributed by atoms with van der Waals surface area (Å²) >= 11 is 0. The lowest BCUT2D eigenvalue weighted by atomic mass is 9.80. The fraction of sp³-hybridized carbons (Fsp3) is 1.00. The van der Waals surface area contributed by atoms with Crippen molar-refractivity contribution >= 4 is 0 Å². The molecular weight excluding hydrogens is 252 g/mol. The van der Waals surface area contributed by atoms with Crippen LogP contribution in [0.15, 0.2) is 0 Å². The average molecular weight is 286 g/mol. The molecule has 0 aliphatic heterocycles. The van der Waals surface area contributed by atoms with Gasteiger partial charge in [-0.1, -0.05) is 6.42 Å². The molecule has 0 radical (unpaired) electrons. The number of nitrogens with one attached hydrogen (secondary N) is 2. The second kappa shape index (κ2) is 7.74. The predicted molar refractivity (Wildman–Crippen MR) is 83.8 cm³/mol. The van der Waals surface area contributed by atoms with Gasteiger partial charge in [-0.05, 0) is 71.9 Å². The monoisotopic (exact) mass is 286 g/mol. The Hall–Kier alpha value is -0.160. The van der Waals surface area contributed by atoms with Gasteiger partial charge in [0.1, 0.15) is 0 Å². The minimum absolute atomic E-state index is 0.176. The van der Waals surface area contributed by atoms with Crippen LogP contribution in [0, 0.1) is 11.8 Å². The van der Waals surface area contributed by atoms with Gasteiger partial charge in [0.2, 0.25) is 0 Å². The molecule has 0 aromatic heterocycles. The molecule has 0 aromatic rings. The molecule has 120 valence electrons. The van der Waals surface area contributed by atoms with Crippen molar-refractivity contribution in [3.05, 3.63) is 0 Å². The van der Waals surface area contributed by atoms with E-state index >= 15 is 0 Å². The highest BCUT2D eigenvalue weighted by molar-refractivity contribution is 4.83. The van der Waals surface area contributed by atoms with E-state index < -0.39 is 0 Å². The van der Waals surface area contributed by atoms with E-state index in [0.717, 1.165) is 13.1 Å². The van der Waals surface area contributed by atoms with Crippen LogP contribution in [0.25, 0.3) is 0 Å². The Kier molecular flexibility index (Phi) is 6.92. The minimum Gasteiger partial charge on any atom is -0.394 e. The second-order valence-corrected chi connectivity index (χ2v) is 7.74. The summed E-state index contributed by atoms with van der Waals surface area (Å²) in [6, 6.07) is 0. The van der Waals surface area contributed by atoms with Gasteiger partial charge in [0, 0.05) is 11.1 Å². The molecule has 20 heavy (non-hydrogen) atoms. The predicted octanol–water partition coefficient (Wildman–Crippen LogP) is 1.51. The van der Waals surface area contributed by atoms with E-state index in [1.165, 1.54) is 25.7 Å². The third kappa shape index (κ3) is 6.53. The molecule has 1 rings (SSSR count). The number of hydrogen-bond acceptors (Lipinski definition) is 4. The van der Waals surface area contributed by atoms with E-state index in [-0.39, 0.29) is 24.3 Å². The van der Waals surface area contributed by atoms with Gasteiger partial charge in [-0.2, -0.15) is 0 Å². The normalized spacial score (nSPS) is 24.9. The van der Waals surface area contributed by atoms with E-state index in [1.807, 2.05) is 27.7 Å². The molecule has 0 heterocycles. The molecule has 1 aliphatic rings. The quantitative estimate of drug-likeness (QED) is 0.546. The molecule has 0 saturated heterocycles. The van der Waals surface area contributed by atoms with Crippen LogP contribution in [-0.2, 0) is 0 Å². The van der Waals surface area contributed by atoms with Crippen molar-refractivity contribution in [3.8, 4) is 0 Å². The summed E-state index contributed by atoms with van der Waals surface area (Å²) in [4.78, 5) is 0. The van der Waals surface area contributed by atoms with Gasteiger partial charge >= 0.3 is 0 Å². The first-order chi connectivity index (χ1) is 9.28. The van der Waals surface area contributed by atoms with Crippen molar-refractivity contribution in [3.63, 3.8) is 0 Å². The SMILES string of the molecule is CC(C)(CO)NC[C@@H]1CCC[C@@H](CNC(C)(C)CO)C1. The number of aliphatic hydroxyl groups is 2. The summed E-state index contributed by atoms with van der Waals surface area (Å²) in [5.74, 6) is 1.41. The molecule has 1 saturated carbocycles. The molecule has 1 fully saturated rings. The highest BCUT2D eigenvalue weighted by atomic mass is 16.3. The van der Waals surface area contributed by atoms with Crippen molar-refractivity contribution in [1.82, 2.24) is 10.6 Å².